The maximum atomic E-state index is 12.3. The molecular weight excluding hydrogens is 348 g/mol. The molecule has 0 saturated carbocycles. The molecule has 7 nitrogen and oxygen atoms in total. The van der Waals surface area contributed by atoms with E-state index in [-0.39, 0.29) is 28.6 Å². The number of rotatable bonds is 5. The summed E-state index contributed by atoms with van der Waals surface area (Å²) >= 11 is 0. The number of aromatic hydroxyl groups is 2. The van der Waals surface area contributed by atoms with E-state index in [1.807, 2.05) is 24.3 Å². The minimum absolute atomic E-state index is 0.117. The Hall–Kier alpha value is -3.74. The zero-order chi connectivity index (χ0) is 19.4. The molecule has 0 bridgehead atoms. The number of phenols is 2. The van der Waals surface area contributed by atoms with E-state index in [1.54, 1.807) is 18.2 Å². The molecular formula is C20H18N2O5. The fourth-order valence-electron chi connectivity index (χ4n) is 2.62. The summed E-state index contributed by atoms with van der Waals surface area (Å²) in [6.45, 7) is 0. The van der Waals surface area contributed by atoms with Crippen molar-refractivity contribution in [1.82, 2.24) is 5.43 Å². The van der Waals surface area contributed by atoms with Crippen LogP contribution in [0.3, 0.4) is 0 Å². The lowest BCUT2D eigenvalue weighted by molar-refractivity contribution is 0.0952. The van der Waals surface area contributed by atoms with Gasteiger partial charge in [0.1, 0.15) is 5.75 Å². The van der Waals surface area contributed by atoms with Crippen molar-refractivity contribution in [1.29, 1.82) is 0 Å². The number of hydrogen-bond donors (Lipinski definition) is 3. The van der Waals surface area contributed by atoms with Crippen LogP contribution < -0.4 is 14.9 Å². The summed E-state index contributed by atoms with van der Waals surface area (Å²) in [6.07, 6.45) is 1.38. The lowest BCUT2D eigenvalue weighted by Gasteiger charge is -2.09. The van der Waals surface area contributed by atoms with Crippen LogP contribution in [0.5, 0.6) is 23.0 Å². The van der Waals surface area contributed by atoms with Crippen LogP contribution in [0, 0.1) is 0 Å². The second kappa shape index (κ2) is 7.65. The number of carbonyl (C=O) groups is 1. The van der Waals surface area contributed by atoms with Crippen LogP contribution >= 0.6 is 0 Å². The number of nitrogens with zero attached hydrogens (tertiary/aromatic N) is 1. The molecule has 3 aromatic rings. The molecule has 0 heterocycles. The molecule has 0 aromatic heterocycles. The fourth-order valence-corrected chi connectivity index (χ4v) is 2.62. The Morgan fingerprint density at radius 3 is 2.19 bits per heavy atom. The number of hydrogen-bond acceptors (Lipinski definition) is 6. The third kappa shape index (κ3) is 3.77. The Morgan fingerprint density at radius 2 is 1.59 bits per heavy atom. The topological polar surface area (TPSA) is 100 Å². The van der Waals surface area contributed by atoms with Crippen molar-refractivity contribution in [3.63, 3.8) is 0 Å². The first kappa shape index (κ1) is 18.1. The molecule has 27 heavy (non-hydrogen) atoms. The summed E-state index contributed by atoms with van der Waals surface area (Å²) in [5.41, 5.74) is 3.03. The highest BCUT2D eigenvalue weighted by Gasteiger charge is 2.13. The van der Waals surface area contributed by atoms with E-state index in [9.17, 15) is 15.0 Å². The largest absolute Gasteiger partial charge is 0.507 e. The number of phenolic OH excluding ortho intramolecular Hbond substituents is 2. The first-order chi connectivity index (χ1) is 13.0. The molecule has 0 radical (unpaired) electrons. The van der Waals surface area contributed by atoms with Crippen LogP contribution in [0.4, 0.5) is 0 Å². The third-order valence-electron chi connectivity index (χ3n) is 3.99. The number of ether oxygens (including phenoxy) is 2. The number of methoxy groups -OCH3 is 2. The molecule has 0 aliphatic carbocycles. The minimum atomic E-state index is -0.549. The summed E-state index contributed by atoms with van der Waals surface area (Å²) in [5, 5.41) is 25.5. The number of amides is 1. The molecule has 138 valence electrons. The Bertz CT molecular complexity index is 1010. The maximum absolute atomic E-state index is 12.3. The van der Waals surface area contributed by atoms with E-state index < -0.39 is 5.91 Å². The summed E-state index contributed by atoms with van der Waals surface area (Å²) in [7, 11) is 2.83. The van der Waals surface area contributed by atoms with Crippen molar-refractivity contribution in [3.05, 3.63) is 59.7 Å². The van der Waals surface area contributed by atoms with Crippen LogP contribution in [0.15, 0.2) is 53.6 Å². The standard InChI is InChI=1S/C20H18N2O5/c1-26-17-7-12(8-18(27-2)19(17)24)11-21-22-20(25)15-9-13-5-3-4-6-14(13)10-16(15)23/h3-11,23-24H,1-2H3,(H,22,25)/b21-11-. The van der Waals surface area contributed by atoms with Crippen LogP contribution in [0.2, 0.25) is 0 Å². The molecule has 3 N–H and O–H groups in total. The molecule has 0 aliphatic rings. The van der Waals surface area contributed by atoms with Gasteiger partial charge in [0.2, 0.25) is 5.75 Å². The monoisotopic (exact) mass is 366 g/mol. The Labute approximate surface area is 155 Å². The van der Waals surface area contributed by atoms with Crippen molar-refractivity contribution in [3.8, 4) is 23.0 Å². The first-order valence-corrected chi connectivity index (χ1v) is 8.03. The van der Waals surface area contributed by atoms with Crippen LogP contribution in [0.25, 0.3) is 10.8 Å². The smallest absolute Gasteiger partial charge is 0.275 e. The predicted molar refractivity (Wildman–Crippen MR) is 102 cm³/mol. The lowest BCUT2D eigenvalue weighted by Crippen LogP contribution is -2.17. The third-order valence-corrected chi connectivity index (χ3v) is 3.99. The number of carbonyl (C=O) groups excluding carboxylic acids is 1. The molecule has 0 spiro atoms. The van der Waals surface area contributed by atoms with Gasteiger partial charge in [-0.3, -0.25) is 4.79 Å². The van der Waals surface area contributed by atoms with Gasteiger partial charge >= 0.3 is 0 Å². The molecule has 0 fully saturated rings. The zero-order valence-corrected chi connectivity index (χ0v) is 14.8. The van der Waals surface area contributed by atoms with E-state index in [2.05, 4.69) is 10.5 Å². The lowest BCUT2D eigenvalue weighted by atomic mass is 10.1. The summed E-state index contributed by atoms with van der Waals surface area (Å²) in [6, 6.07) is 13.6. The van der Waals surface area contributed by atoms with Gasteiger partial charge in [-0.2, -0.15) is 5.10 Å². The van der Waals surface area contributed by atoms with E-state index in [0.29, 0.717) is 5.56 Å². The van der Waals surface area contributed by atoms with Gasteiger partial charge in [0.15, 0.2) is 11.5 Å². The van der Waals surface area contributed by atoms with Gasteiger partial charge in [0, 0.05) is 5.56 Å². The van der Waals surface area contributed by atoms with Crippen molar-refractivity contribution in [2.75, 3.05) is 14.2 Å². The average Bonchev–Trinajstić information content (AvgIpc) is 2.68. The number of fused-ring (bicyclic) bond motifs is 1. The highest BCUT2D eigenvalue weighted by atomic mass is 16.5. The number of benzene rings is 3. The minimum Gasteiger partial charge on any atom is -0.507 e. The summed E-state index contributed by atoms with van der Waals surface area (Å²) in [5.74, 6) is -0.368. The molecule has 7 heteroatoms. The van der Waals surface area contributed by atoms with E-state index in [0.717, 1.165) is 10.8 Å². The Balaban J connectivity index is 1.80. The number of nitrogens with one attached hydrogen (secondary N) is 1. The van der Waals surface area contributed by atoms with E-state index >= 15 is 0 Å². The van der Waals surface area contributed by atoms with Gasteiger partial charge < -0.3 is 19.7 Å². The SMILES string of the molecule is COc1cc(/C=N\NC(=O)c2cc3ccccc3cc2O)cc(OC)c1O. The van der Waals surface area contributed by atoms with Crippen molar-refractivity contribution in [2.24, 2.45) is 5.10 Å². The van der Waals surface area contributed by atoms with Crippen molar-refractivity contribution >= 4 is 22.9 Å². The van der Waals surface area contributed by atoms with Gasteiger partial charge in [0.25, 0.3) is 5.91 Å². The highest BCUT2D eigenvalue weighted by molar-refractivity contribution is 6.01. The normalized spacial score (nSPS) is 10.9. The van der Waals surface area contributed by atoms with Gasteiger partial charge in [-0.1, -0.05) is 24.3 Å². The summed E-state index contributed by atoms with van der Waals surface area (Å²) in [4.78, 5) is 12.3. The van der Waals surface area contributed by atoms with Gasteiger partial charge in [-0.15, -0.1) is 0 Å². The van der Waals surface area contributed by atoms with Gasteiger partial charge in [0.05, 0.1) is 26.0 Å². The molecule has 1 amide bonds. The Morgan fingerprint density at radius 1 is 1.00 bits per heavy atom. The van der Waals surface area contributed by atoms with Crippen LogP contribution in [-0.2, 0) is 0 Å². The molecule has 0 unspecified atom stereocenters. The highest BCUT2D eigenvalue weighted by Crippen LogP contribution is 2.36. The zero-order valence-electron chi connectivity index (χ0n) is 14.8. The predicted octanol–water partition coefficient (Wildman–Crippen LogP) is 3.03. The molecule has 0 saturated heterocycles. The van der Waals surface area contributed by atoms with Crippen LogP contribution in [0.1, 0.15) is 15.9 Å². The first-order valence-electron chi connectivity index (χ1n) is 8.03. The molecule has 0 aliphatic heterocycles. The fraction of sp³-hybridized carbons (Fsp3) is 0.100. The average molecular weight is 366 g/mol. The quantitative estimate of drug-likeness (QED) is 0.476. The second-order valence-electron chi connectivity index (χ2n) is 5.69. The van der Waals surface area contributed by atoms with Crippen LogP contribution in [-0.4, -0.2) is 36.6 Å². The Kier molecular flexibility index (Phi) is 5.12. The number of hydrazone groups is 1. The van der Waals surface area contributed by atoms with Crippen molar-refractivity contribution in [2.45, 2.75) is 0 Å². The maximum Gasteiger partial charge on any atom is 0.275 e. The van der Waals surface area contributed by atoms with Gasteiger partial charge in [-0.05, 0) is 35.0 Å². The van der Waals surface area contributed by atoms with E-state index in [1.165, 1.54) is 26.5 Å². The molecule has 3 rings (SSSR count). The second-order valence-corrected chi connectivity index (χ2v) is 5.69. The van der Waals surface area contributed by atoms with E-state index in [4.69, 9.17) is 9.47 Å². The summed E-state index contributed by atoms with van der Waals surface area (Å²) < 4.78 is 10.1. The van der Waals surface area contributed by atoms with Crippen molar-refractivity contribution < 1.29 is 24.5 Å². The molecule has 3 aromatic carbocycles. The molecule has 0 atom stereocenters. The van der Waals surface area contributed by atoms with Gasteiger partial charge in [-0.25, -0.2) is 5.43 Å².